The summed E-state index contributed by atoms with van der Waals surface area (Å²) in [5.74, 6) is 1.19. The number of rotatable bonds is 9. The first-order valence-electron chi connectivity index (χ1n) is 9.81. The second-order valence-corrected chi connectivity index (χ2v) is 7.38. The van der Waals surface area contributed by atoms with Gasteiger partial charge in [0.1, 0.15) is 12.4 Å². The van der Waals surface area contributed by atoms with E-state index in [4.69, 9.17) is 37.4 Å². The zero-order valence-corrected chi connectivity index (χ0v) is 19.1. The topological polar surface area (TPSA) is 69.2 Å². The molecule has 0 atom stereocenters. The summed E-state index contributed by atoms with van der Waals surface area (Å²) in [5.41, 5.74) is 4.44. The van der Waals surface area contributed by atoms with Crippen LogP contribution in [-0.4, -0.2) is 25.8 Å². The molecule has 0 saturated carbocycles. The Morgan fingerprint density at radius 3 is 2.47 bits per heavy atom. The van der Waals surface area contributed by atoms with Crippen molar-refractivity contribution in [3.63, 3.8) is 0 Å². The van der Waals surface area contributed by atoms with Crippen molar-refractivity contribution >= 4 is 35.3 Å². The predicted octanol–water partition coefficient (Wildman–Crippen LogP) is 5.74. The van der Waals surface area contributed by atoms with E-state index < -0.39 is 0 Å². The summed E-state index contributed by atoms with van der Waals surface area (Å²) in [6.07, 6.45) is 1.49. The van der Waals surface area contributed by atoms with Crippen LogP contribution in [0.4, 0.5) is 0 Å². The molecular formula is C24H22Cl2N2O4. The zero-order chi connectivity index (χ0) is 22.9. The van der Waals surface area contributed by atoms with Crippen LogP contribution in [0.2, 0.25) is 10.0 Å². The van der Waals surface area contributed by atoms with Crippen LogP contribution >= 0.6 is 23.2 Å². The lowest BCUT2D eigenvalue weighted by Gasteiger charge is -2.10. The molecule has 0 aliphatic carbocycles. The van der Waals surface area contributed by atoms with Crippen molar-refractivity contribution in [2.45, 2.75) is 13.5 Å². The highest BCUT2D eigenvalue weighted by Crippen LogP contribution is 2.28. The summed E-state index contributed by atoms with van der Waals surface area (Å²) in [7, 11) is 1.52. The van der Waals surface area contributed by atoms with Gasteiger partial charge in [-0.15, -0.1) is 0 Å². The molecule has 0 unspecified atom stereocenters. The van der Waals surface area contributed by atoms with Gasteiger partial charge in [0.15, 0.2) is 11.5 Å². The first kappa shape index (κ1) is 23.4. The number of methoxy groups -OCH3 is 1. The van der Waals surface area contributed by atoms with Gasteiger partial charge in [0, 0.05) is 16.1 Å². The first-order valence-corrected chi connectivity index (χ1v) is 10.6. The highest BCUT2D eigenvalue weighted by Gasteiger charge is 2.10. The largest absolute Gasteiger partial charge is 0.493 e. The summed E-state index contributed by atoms with van der Waals surface area (Å²) in [6.45, 7) is 2.67. The van der Waals surface area contributed by atoms with Gasteiger partial charge in [0.05, 0.1) is 25.0 Å². The number of carbonyl (C=O) groups excluding carboxylic acids is 1. The van der Waals surface area contributed by atoms with Crippen LogP contribution in [-0.2, 0) is 6.61 Å². The van der Waals surface area contributed by atoms with Crippen molar-refractivity contribution in [2.75, 3.05) is 13.7 Å². The molecule has 0 radical (unpaired) electrons. The van der Waals surface area contributed by atoms with E-state index in [0.29, 0.717) is 51.6 Å². The van der Waals surface area contributed by atoms with Gasteiger partial charge in [-0.2, -0.15) is 5.10 Å². The number of amides is 1. The molecule has 32 heavy (non-hydrogen) atoms. The molecule has 0 saturated heterocycles. The average Bonchev–Trinajstić information content (AvgIpc) is 2.80. The fraction of sp³-hybridized carbons (Fsp3) is 0.167. The third kappa shape index (κ3) is 6.15. The van der Waals surface area contributed by atoms with Crippen LogP contribution in [0, 0.1) is 0 Å². The molecular weight excluding hydrogens is 451 g/mol. The minimum Gasteiger partial charge on any atom is -0.493 e. The first-order chi connectivity index (χ1) is 15.5. The molecule has 0 aliphatic rings. The van der Waals surface area contributed by atoms with Crippen LogP contribution in [0.25, 0.3) is 0 Å². The second-order valence-electron chi connectivity index (χ2n) is 6.57. The SMILES string of the molecule is CCOc1ccc(C(=O)N/N=C/c2ccc(OCc3ccccc3Cl)c(Cl)c2)cc1OC. The maximum atomic E-state index is 12.4. The molecule has 0 heterocycles. The van der Waals surface area contributed by atoms with Gasteiger partial charge in [0.25, 0.3) is 5.91 Å². The van der Waals surface area contributed by atoms with E-state index in [2.05, 4.69) is 10.5 Å². The normalized spacial score (nSPS) is 10.8. The third-order valence-corrected chi connectivity index (χ3v) is 5.07. The molecule has 0 spiro atoms. The molecule has 1 amide bonds. The minimum absolute atomic E-state index is 0.300. The quantitative estimate of drug-likeness (QED) is 0.318. The van der Waals surface area contributed by atoms with Crippen molar-refractivity contribution in [1.82, 2.24) is 5.43 Å². The van der Waals surface area contributed by atoms with E-state index in [1.54, 1.807) is 42.5 Å². The van der Waals surface area contributed by atoms with Crippen molar-refractivity contribution < 1.29 is 19.0 Å². The van der Waals surface area contributed by atoms with Crippen LogP contribution in [0.15, 0.2) is 65.8 Å². The van der Waals surface area contributed by atoms with Crippen molar-refractivity contribution in [1.29, 1.82) is 0 Å². The van der Waals surface area contributed by atoms with E-state index in [0.717, 1.165) is 5.56 Å². The smallest absolute Gasteiger partial charge is 0.271 e. The third-order valence-electron chi connectivity index (χ3n) is 4.40. The Morgan fingerprint density at radius 2 is 1.75 bits per heavy atom. The summed E-state index contributed by atoms with van der Waals surface area (Å²) >= 11 is 12.5. The van der Waals surface area contributed by atoms with Gasteiger partial charge >= 0.3 is 0 Å². The highest BCUT2D eigenvalue weighted by atomic mass is 35.5. The molecule has 1 N–H and O–H groups in total. The zero-order valence-electron chi connectivity index (χ0n) is 17.6. The fourth-order valence-electron chi connectivity index (χ4n) is 2.80. The number of hydrogen-bond acceptors (Lipinski definition) is 5. The maximum Gasteiger partial charge on any atom is 0.271 e. The summed E-state index contributed by atoms with van der Waals surface area (Å²) < 4.78 is 16.5. The summed E-state index contributed by atoms with van der Waals surface area (Å²) in [6, 6.07) is 17.6. The lowest BCUT2D eigenvalue weighted by Crippen LogP contribution is -2.17. The second kappa shape index (κ2) is 11.4. The molecule has 0 fully saturated rings. The Bertz CT molecular complexity index is 1120. The van der Waals surface area contributed by atoms with Gasteiger partial charge in [-0.05, 0) is 55.0 Å². The number of carbonyl (C=O) groups is 1. The number of nitrogens with one attached hydrogen (secondary N) is 1. The number of benzene rings is 3. The number of halogens is 2. The van der Waals surface area contributed by atoms with Crippen LogP contribution < -0.4 is 19.6 Å². The van der Waals surface area contributed by atoms with E-state index in [1.165, 1.54) is 13.3 Å². The number of nitrogens with zero attached hydrogens (tertiary/aromatic N) is 1. The lowest BCUT2D eigenvalue weighted by atomic mass is 10.2. The Morgan fingerprint density at radius 1 is 0.969 bits per heavy atom. The molecule has 3 rings (SSSR count). The molecule has 3 aromatic carbocycles. The molecule has 6 nitrogen and oxygen atoms in total. The molecule has 0 bridgehead atoms. The standard InChI is InChI=1S/C24H22Cl2N2O4/c1-3-31-22-11-9-17(13-23(22)30-2)24(29)28-27-14-16-8-10-21(20(26)12-16)32-15-18-6-4-5-7-19(18)25/h4-14H,3,15H2,1-2H3,(H,28,29)/b27-14+. The summed E-state index contributed by atoms with van der Waals surface area (Å²) in [5, 5.41) is 5.05. The lowest BCUT2D eigenvalue weighted by molar-refractivity contribution is 0.0954. The molecule has 3 aromatic rings. The Kier molecular flexibility index (Phi) is 8.36. The predicted molar refractivity (Wildman–Crippen MR) is 126 cm³/mol. The maximum absolute atomic E-state index is 12.4. The van der Waals surface area contributed by atoms with Crippen molar-refractivity contribution in [2.24, 2.45) is 5.10 Å². The molecule has 8 heteroatoms. The van der Waals surface area contributed by atoms with Crippen LogP contribution in [0.5, 0.6) is 17.2 Å². The Labute approximate surface area is 196 Å². The van der Waals surface area contributed by atoms with Gasteiger partial charge in [0.2, 0.25) is 0 Å². The number of hydrogen-bond donors (Lipinski definition) is 1. The van der Waals surface area contributed by atoms with Crippen LogP contribution in [0.1, 0.15) is 28.4 Å². The summed E-state index contributed by atoms with van der Waals surface area (Å²) in [4.78, 5) is 12.4. The van der Waals surface area contributed by atoms with Crippen LogP contribution in [0.3, 0.4) is 0 Å². The highest BCUT2D eigenvalue weighted by molar-refractivity contribution is 6.32. The molecule has 166 valence electrons. The Balaban J connectivity index is 1.60. The van der Waals surface area contributed by atoms with Crippen molar-refractivity contribution in [3.8, 4) is 17.2 Å². The van der Waals surface area contributed by atoms with Crippen molar-refractivity contribution in [3.05, 3.63) is 87.4 Å². The van der Waals surface area contributed by atoms with E-state index in [9.17, 15) is 4.79 Å². The fourth-order valence-corrected chi connectivity index (χ4v) is 3.23. The van der Waals surface area contributed by atoms with Gasteiger partial charge in [-0.25, -0.2) is 5.43 Å². The van der Waals surface area contributed by atoms with E-state index in [1.807, 2.05) is 25.1 Å². The van der Waals surface area contributed by atoms with E-state index >= 15 is 0 Å². The van der Waals surface area contributed by atoms with Gasteiger partial charge in [-0.1, -0.05) is 41.4 Å². The van der Waals surface area contributed by atoms with Gasteiger partial charge in [-0.3, -0.25) is 4.79 Å². The van der Waals surface area contributed by atoms with E-state index in [-0.39, 0.29) is 5.91 Å². The number of hydrazone groups is 1. The number of ether oxygens (including phenoxy) is 3. The monoisotopic (exact) mass is 472 g/mol. The average molecular weight is 473 g/mol. The molecule has 0 aromatic heterocycles. The Hall–Kier alpha value is -3.22. The molecule has 0 aliphatic heterocycles. The minimum atomic E-state index is -0.381. The van der Waals surface area contributed by atoms with Gasteiger partial charge < -0.3 is 14.2 Å².